The Kier molecular flexibility index (Phi) is 5.34. The minimum Gasteiger partial charge on any atom is -0.325 e. The van der Waals surface area contributed by atoms with E-state index in [4.69, 9.17) is 0 Å². The fourth-order valence-corrected chi connectivity index (χ4v) is 2.90. The standard InChI is InChI=1S/C13H26N2O2S/c1-6-13(4)12(16)15(8-7-9-18(5)17)11(14-13)10(2)3/h10-11,14H,6-9H2,1-5H3. The van der Waals surface area contributed by atoms with Crippen LogP contribution in [0.25, 0.3) is 0 Å². The van der Waals surface area contributed by atoms with Crippen LogP contribution >= 0.6 is 0 Å². The molecule has 1 rings (SSSR count). The van der Waals surface area contributed by atoms with Crippen molar-refractivity contribution in [2.45, 2.75) is 52.2 Å². The first kappa shape index (κ1) is 15.6. The van der Waals surface area contributed by atoms with E-state index in [1.54, 1.807) is 6.26 Å². The smallest absolute Gasteiger partial charge is 0.243 e. The molecule has 3 unspecified atom stereocenters. The molecule has 18 heavy (non-hydrogen) atoms. The van der Waals surface area contributed by atoms with Gasteiger partial charge in [-0.3, -0.25) is 14.3 Å². The molecule has 0 saturated carbocycles. The maximum Gasteiger partial charge on any atom is 0.243 e. The van der Waals surface area contributed by atoms with Gasteiger partial charge in [-0.25, -0.2) is 0 Å². The molecule has 0 aromatic heterocycles. The van der Waals surface area contributed by atoms with Crippen molar-refractivity contribution >= 4 is 16.7 Å². The Balaban J connectivity index is 2.72. The van der Waals surface area contributed by atoms with Crippen LogP contribution in [0.2, 0.25) is 0 Å². The van der Waals surface area contributed by atoms with Crippen LogP contribution < -0.4 is 5.32 Å². The fraction of sp³-hybridized carbons (Fsp3) is 0.923. The van der Waals surface area contributed by atoms with Gasteiger partial charge in [0.1, 0.15) is 0 Å². The number of nitrogens with one attached hydrogen (secondary N) is 1. The van der Waals surface area contributed by atoms with Crippen LogP contribution in [0, 0.1) is 5.92 Å². The fourth-order valence-electron chi connectivity index (χ4n) is 2.37. The molecule has 3 atom stereocenters. The summed E-state index contributed by atoms with van der Waals surface area (Å²) in [6.07, 6.45) is 3.41. The average molecular weight is 274 g/mol. The first-order chi connectivity index (χ1) is 8.31. The van der Waals surface area contributed by atoms with Gasteiger partial charge < -0.3 is 4.90 Å². The number of rotatable bonds is 6. The molecule has 1 amide bonds. The monoisotopic (exact) mass is 274 g/mol. The molecular formula is C13H26N2O2S. The topological polar surface area (TPSA) is 49.4 Å². The van der Waals surface area contributed by atoms with E-state index in [1.807, 2.05) is 18.7 Å². The van der Waals surface area contributed by atoms with Crippen molar-refractivity contribution in [1.82, 2.24) is 10.2 Å². The molecule has 4 nitrogen and oxygen atoms in total. The van der Waals surface area contributed by atoms with Gasteiger partial charge in [0.15, 0.2) is 0 Å². The van der Waals surface area contributed by atoms with Crippen LogP contribution in [0.4, 0.5) is 0 Å². The second kappa shape index (κ2) is 6.15. The van der Waals surface area contributed by atoms with E-state index in [9.17, 15) is 9.00 Å². The van der Waals surface area contributed by atoms with Crippen molar-refractivity contribution in [3.63, 3.8) is 0 Å². The van der Waals surface area contributed by atoms with E-state index < -0.39 is 16.3 Å². The summed E-state index contributed by atoms with van der Waals surface area (Å²) in [5.41, 5.74) is -0.430. The zero-order chi connectivity index (χ0) is 13.9. The molecule has 0 radical (unpaired) electrons. The van der Waals surface area contributed by atoms with Gasteiger partial charge >= 0.3 is 0 Å². The maximum atomic E-state index is 12.4. The molecule has 1 saturated heterocycles. The molecule has 1 aliphatic rings. The molecule has 106 valence electrons. The normalized spacial score (nSPS) is 30.2. The minimum absolute atomic E-state index is 0.104. The number of carbonyl (C=O) groups excluding carboxylic acids is 1. The second-order valence-electron chi connectivity index (χ2n) is 5.65. The molecule has 0 aliphatic carbocycles. The Labute approximate surface area is 113 Å². The van der Waals surface area contributed by atoms with Crippen molar-refractivity contribution in [2.75, 3.05) is 18.6 Å². The lowest BCUT2D eigenvalue weighted by Crippen LogP contribution is -2.45. The van der Waals surface area contributed by atoms with Gasteiger partial charge in [-0.15, -0.1) is 0 Å². The highest BCUT2D eigenvalue weighted by molar-refractivity contribution is 7.84. The molecule has 1 N–H and O–H groups in total. The molecule has 0 aromatic carbocycles. The predicted molar refractivity (Wildman–Crippen MR) is 75.7 cm³/mol. The van der Waals surface area contributed by atoms with E-state index in [0.717, 1.165) is 12.8 Å². The zero-order valence-corrected chi connectivity index (χ0v) is 13.0. The maximum absolute atomic E-state index is 12.4. The van der Waals surface area contributed by atoms with Crippen molar-refractivity contribution < 1.29 is 9.00 Å². The third kappa shape index (κ3) is 3.32. The van der Waals surface area contributed by atoms with Gasteiger partial charge in [0.2, 0.25) is 5.91 Å². The molecule has 1 aliphatic heterocycles. The van der Waals surface area contributed by atoms with Crippen LogP contribution in [0.1, 0.15) is 40.5 Å². The van der Waals surface area contributed by atoms with Gasteiger partial charge in [0, 0.05) is 29.4 Å². The van der Waals surface area contributed by atoms with Crippen molar-refractivity contribution in [1.29, 1.82) is 0 Å². The zero-order valence-electron chi connectivity index (χ0n) is 12.2. The van der Waals surface area contributed by atoms with Crippen molar-refractivity contribution in [3.05, 3.63) is 0 Å². The Hall–Kier alpha value is -0.420. The van der Waals surface area contributed by atoms with E-state index in [2.05, 4.69) is 19.2 Å². The Morgan fingerprint density at radius 2 is 2.11 bits per heavy atom. The first-order valence-electron chi connectivity index (χ1n) is 6.70. The molecule has 0 spiro atoms. The summed E-state index contributed by atoms with van der Waals surface area (Å²) >= 11 is 0. The van der Waals surface area contributed by atoms with Crippen molar-refractivity contribution in [3.8, 4) is 0 Å². The van der Waals surface area contributed by atoms with Crippen molar-refractivity contribution in [2.24, 2.45) is 5.92 Å². The number of hydrogen-bond donors (Lipinski definition) is 1. The number of carbonyl (C=O) groups is 1. The first-order valence-corrected chi connectivity index (χ1v) is 8.43. The van der Waals surface area contributed by atoms with Crippen LogP contribution in [-0.2, 0) is 15.6 Å². The Morgan fingerprint density at radius 3 is 2.56 bits per heavy atom. The summed E-state index contributed by atoms with van der Waals surface area (Å²) in [5, 5.41) is 3.45. The predicted octanol–water partition coefficient (Wildman–Crippen LogP) is 1.34. The Bertz CT molecular complexity index is 333. The molecular weight excluding hydrogens is 248 g/mol. The summed E-state index contributed by atoms with van der Waals surface area (Å²) < 4.78 is 11.1. The quantitative estimate of drug-likeness (QED) is 0.795. The van der Waals surface area contributed by atoms with Gasteiger partial charge in [-0.05, 0) is 25.7 Å². The SMILES string of the molecule is CCC1(C)NC(C(C)C)N(CCCS(C)=O)C1=O. The summed E-state index contributed by atoms with van der Waals surface area (Å²) in [4.78, 5) is 14.4. The highest BCUT2D eigenvalue weighted by Crippen LogP contribution is 2.27. The third-order valence-electron chi connectivity index (χ3n) is 3.70. The largest absolute Gasteiger partial charge is 0.325 e. The minimum atomic E-state index is -0.778. The second-order valence-corrected chi connectivity index (χ2v) is 7.20. The van der Waals surface area contributed by atoms with Gasteiger partial charge in [-0.2, -0.15) is 0 Å². The molecule has 5 heteroatoms. The van der Waals surface area contributed by atoms with E-state index >= 15 is 0 Å². The summed E-state index contributed by atoms with van der Waals surface area (Å²) in [7, 11) is -0.778. The third-order valence-corrected chi connectivity index (χ3v) is 4.57. The lowest BCUT2D eigenvalue weighted by atomic mass is 9.99. The molecule has 0 aromatic rings. The van der Waals surface area contributed by atoms with Crippen LogP contribution in [-0.4, -0.2) is 45.3 Å². The highest BCUT2D eigenvalue weighted by Gasteiger charge is 2.47. The van der Waals surface area contributed by atoms with Crippen LogP contribution in [0.15, 0.2) is 0 Å². The van der Waals surface area contributed by atoms with Crippen LogP contribution in [0.3, 0.4) is 0 Å². The van der Waals surface area contributed by atoms with Crippen LogP contribution in [0.5, 0.6) is 0 Å². The summed E-state index contributed by atoms with van der Waals surface area (Å²) in [6.45, 7) is 8.95. The van der Waals surface area contributed by atoms with Gasteiger partial charge in [0.05, 0.1) is 11.7 Å². The van der Waals surface area contributed by atoms with Gasteiger partial charge in [-0.1, -0.05) is 20.8 Å². The Morgan fingerprint density at radius 1 is 1.50 bits per heavy atom. The number of amides is 1. The lowest BCUT2D eigenvalue weighted by Gasteiger charge is -2.27. The van der Waals surface area contributed by atoms with Gasteiger partial charge in [0.25, 0.3) is 0 Å². The van der Waals surface area contributed by atoms with E-state index in [-0.39, 0.29) is 12.1 Å². The molecule has 1 fully saturated rings. The number of nitrogens with zero attached hydrogens (tertiary/aromatic N) is 1. The average Bonchev–Trinajstić information content (AvgIpc) is 2.54. The molecule has 0 bridgehead atoms. The highest BCUT2D eigenvalue weighted by atomic mass is 32.2. The summed E-state index contributed by atoms with van der Waals surface area (Å²) in [5.74, 6) is 1.23. The lowest BCUT2D eigenvalue weighted by molar-refractivity contribution is -0.133. The van der Waals surface area contributed by atoms with E-state index in [0.29, 0.717) is 18.2 Å². The van der Waals surface area contributed by atoms with E-state index in [1.165, 1.54) is 0 Å². The number of hydrogen-bond acceptors (Lipinski definition) is 3. The molecule has 1 heterocycles. The summed E-state index contributed by atoms with van der Waals surface area (Å²) in [6, 6.07) is 0.